The second-order valence-corrected chi connectivity index (χ2v) is 8.69. The number of aromatic nitrogens is 2. The van der Waals surface area contributed by atoms with Crippen molar-refractivity contribution in [2.45, 2.75) is 0 Å². The van der Waals surface area contributed by atoms with Crippen LogP contribution in [0.2, 0.25) is 0 Å². The lowest BCUT2D eigenvalue weighted by atomic mass is 10.1. The number of anilines is 2. The fraction of sp³-hybridized carbons (Fsp3) is 0.214. The summed E-state index contributed by atoms with van der Waals surface area (Å²) in [7, 11) is 2.14. The van der Waals surface area contributed by atoms with Crippen molar-refractivity contribution in [3.63, 3.8) is 0 Å². The van der Waals surface area contributed by atoms with E-state index in [9.17, 15) is 4.79 Å². The number of likely N-dealkylation sites (N-methyl/N-ethyl adjacent to an activating group) is 1. The number of nitrogens with one attached hydrogen (secondary N) is 2. The average Bonchev–Trinajstić information content (AvgIpc) is 3.29. The van der Waals surface area contributed by atoms with E-state index in [4.69, 9.17) is 4.74 Å². The van der Waals surface area contributed by atoms with E-state index >= 15 is 0 Å². The molecule has 0 unspecified atom stereocenters. The van der Waals surface area contributed by atoms with E-state index in [1.54, 1.807) is 0 Å². The van der Waals surface area contributed by atoms with E-state index in [0.717, 1.165) is 54.1 Å². The summed E-state index contributed by atoms with van der Waals surface area (Å²) in [6, 6.07) is 23.5. The number of H-pyrrole nitrogens is 1. The molecule has 7 heteroatoms. The molecule has 1 aliphatic heterocycles. The van der Waals surface area contributed by atoms with Gasteiger partial charge in [0.2, 0.25) is 0 Å². The van der Waals surface area contributed by atoms with Crippen LogP contribution in [0.15, 0.2) is 78.9 Å². The monoisotopic (exact) mass is 467 g/mol. The van der Waals surface area contributed by atoms with Crippen molar-refractivity contribution in [1.82, 2.24) is 15.1 Å². The SMILES string of the molecule is CN1CCN(c2ccc(C(=O)Nc3n[nH]c4cc(OCC=Cc5ccccc5)ccc34)cc2)CC1. The van der Waals surface area contributed by atoms with Gasteiger partial charge in [-0.15, -0.1) is 0 Å². The molecule has 1 fully saturated rings. The molecule has 0 radical (unpaired) electrons. The molecule has 0 spiro atoms. The number of carbonyl (C=O) groups is 1. The van der Waals surface area contributed by atoms with Crippen molar-refractivity contribution in [3.05, 3.63) is 90.0 Å². The summed E-state index contributed by atoms with van der Waals surface area (Å²) in [6.07, 6.45) is 4.01. The lowest BCUT2D eigenvalue weighted by Crippen LogP contribution is -2.44. The summed E-state index contributed by atoms with van der Waals surface area (Å²) in [6.45, 7) is 4.55. The topological polar surface area (TPSA) is 73.5 Å². The number of aromatic amines is 1. The second kappa shape index (κ2) is 10.4. The molecular weight excluding hydrogens is 438 g/mol. The van der Waals surface area contributed by atoms with Gasteiger partial charge in [-0.1, -0.05) is 36.4 Å². The highest BCUT2D eigenvalue weighted by Gasteiger charge is 2.16. The van der Waals surface area contributed by atoms with E-state index in [2.05, 4.69) is 32.4 Å². The predicted molar refractivity (Wildman–Crippen MR) is 141 cm³/mol. The minimum Gasteiger partial charge on any atom is -0.489 e. The van der Waals surface area contributed by atoms with Crippen molar-refractivity contribution in [2.24, 2.45) is 0 Å². The van der Waals surface area contributed by atoms with Gasteiger partial charge in [-0.2, -0.15) is 5.10 Å². The van der Waals surface area contributed by atoms with Crippen LogP contribution >= 0.6 is 0 Å². The van der Waals surface area contributed by atoms with E-state index in [-0.39, 0.29) is 5.91 Å². The zero-order valence-corrected chi connectivity index (χ0v) is 19.8. The molecule has 0 aliphatic carbocycles. The molecule has 178 valence electrons. The first-order valence-electron chi connectivity index (χ1n) is 11.8. The molecule has 35 heavy (non-hydrogen) atoms. The van der Waals surface area contributed by atoms with Crippen molar-refractivity contribution in [1.29, 1.82) is 0 Å². The Bertz CT molecular complexity index is 1310. The van der Waals surface area contributed by atoms with Crippen LogP contribution in [0.25, 0.3) is 17.0 Å². The van der Waals surface area contributed by atoms with Crippen molar-refractivity contribution in [2.75, 3.05) is 50.1 Å². The van der Waals surface area contributed by atoms with Gasteiger partial charge < -0.3 is 19.9 Å². The first-order valence-corrected chi connectivity index (χ1v) is 11.8. The van der Waals surface area contributed by atoms with Crippen LogP contribution in [0.4, 0.5) is 11.5 Å². The number of piperazine rings is 1. The Morgan fingerprint density at radius 2 is 1.80 bits per heavy atom. The van der Waals surface area contributed by atoms with Gasteiger partial charge in [0.05, 0.1) is 5.52 Å². The highest BCUT2D eigenvalue weighted by molar-refractivity contribution is 6.08. The summed E-state index contributed by atoms with van der Waals surface area (Å²) in [5.74, 6) is 1.05. The maximum atomic E-state index is 12.8. The molecule has 1 amide bonds. The fourth-order valence-corrected chi connectivity index (χ4v) is 4.14. The highest BCUT2D eigenvalue weighted by Crippen LogP contribution is 2.25. The van der Waals surface area contributed by atoms with Gasteiger partial charge in [0.15, 0.2) is 5.82 Å². The number of ether oxygens (including phenoxy) is 1. The Labute approximate surface area is 205 Å². The molecule has 5 rings (SSSR count). The van der Waals surface area contributed by atoms with Crippen LogP contribution in [0, 0.1) is 0 Å². The molecule has 0 atom stereocenters. The molecule has 0 saturated carbocycles. The smallest absolute Gasteiger partial charge is 0.256 e. The standard InChI is InChI=1S/C28H29N5O2/c1-32-15-17-33(18-16-32)23-11-9-22(10-12-23)28(34)29-27-25-14-13-24(20-26(25)30-31-27)35-19-5-8-21-6-3-2-4-7-21/h2-14,20H,15-19H2,1H3,(H2,29,30,31,34). The Morgan fingerprint density at radius 1 is 1.03 bits per heavy atom. The molecule has 1 saturated heterocycles. The molecule has 1 aromatic heterocycles. The zero-order valence-electron chi connectivity index (χ0n) is 19.8. The van der Waals surface area contributed by atoms with Crippen LogP contribution < -0.4 is 15.0 Å². The van der Waals surface area contributed by atoms with Crippen molar-refractivity contribution < 1.29 is 9.53 Å². The summed E-state index contributed by atoms with van der Waals surface area (Å²) in [4.78, 5) is 17.5. The van der Waals surface area contributed by atoms with Gasteiger partial charge in [-0.25, -0.2) is 0 Å². The Kier molecular flexibility index (Phi) is 6.77. The number of carbonyl (C=O) groups excluding carboxylic acids is 1. The molecule has 7 nitrogen and oxygen atoms in total. The molecule has 1 aliphatic rings. The van der Waals surface area contributed by atoms with Gasteiger partial charge in [0, 0.05) is 48.9 Å². The number of rotatable bonds is 7. The first kappa shape index (κ1) is 22.7. The quantitative estimate of drug-likeness (QED) is 0.414. The Morgan fingerprint density at radius 3 is 2.57 bits per heavy atom. The van der Waals surface area contributed by atoms with Crippen molar-refractivity contribution in [3.8, 4) is 5.75 Å². The van der Waals surface area contributed by atoms with Gasteiger partial charge in [0.25, 0.3) is 5.91 Å². The molecular formula is C28H29N5O2. The fourth-order valence-electron chi connectivity index (χ4n) is 4.14. The van der Waals surface area contributed by atoms with Crippen molar-refractivity contribution >= 4 is 34.4 Å². The minimum absolute atomic E-state index is 0.185. The normalized spacial score (nSPS) is 14.5. The summed E-state index contributed by atoms with van der Waals surface area (Å²) in [5.41, 5.74) is 3.68. The lowest BCUT2D eigenvalue weighted by molar-refractivity contribution is 0.102. The molecule has 2 N–H and O–H groups in total. The third kappa shape index (κ3) is 5.53. The maximum Gasteiger partial charge on any atom is 0.256 e. The lowest BCUT2D eigenvalue weighted by Gasteiger charge is -2.34. The third-order valence-electron chi connectivity index (χ3n) is 6.22. The zero-order chi connectivity index (χ0) is 24.0. The largest absolute Gasteiger partial charge is 0.489 e. The number of hydrogen-bond acceptors (Lipinski definition) is 5. The summed E-state index contributed by atoms with van der Waals surface area (Å²) >= 11 is 0. The first-order chi connectivity index (χ1) is 17.2. The van der Waals surface area contributed by atoms with E-state index < -0.39 is 0 Å². The van der Waals surface area contributed by atoms with Crippen LogP contribution in [0.5, 0.6) is 5.75 Å². The summed E-state index contributed by atoms with van der Waals surface area (Å²) < 4.78 is 5.83. The van der Waals surface area contributed by atoms with Gasteiger partial charge >= 0.3 is 0 Å². The summed E-state index contributed by atoms with van der Waals surface area (Å²) in [5, 5.41) is 11.0. The van der Waals surface area contributed by atoms with E-state index in [0.29, 0.717) is 18.0 Å². The number of amides is 1. The molecule has 2 heterocycles. The third-order valence-corrected chi connectivity index (χ3v) is 6.22. The average molecular weight is 468 g/mol. The van der Waals surface area contributed by atoms with E-state index in [1.807, 2.05) is 84.9 Å². The molecule has 4 aromatic rings. The maximum absolute atomic E-state index is 12.8. The van der Waals surface area contributed by atoms with Crippen LogP contribution in [-0.4, -0.2) is 60.8 Å². The number of benzene rings is 3. The minimum atomic E-state index is -0.185. The van der Waals surface area contributed by atoms with Gasteiger partial charge in [-0.3, -0.25) is 9.89 Å². The van der Waals surface area contributed by atoms with Crippen LogP contribution in [-0.2, 0) is 0 Å². The number of hydrogen-bond donors (Lipinski definition) is 2. The number of nitrogens with zero attached hydrogens (tertiary/aromatic N) is 3. The van der Waals surface area contributed by atoms with Gasteiger partial charge in [-0.05, 0) is 55.1 Å². The molecule has 0 bridgehead atoms. The van der Waals surface area contributed by atoms with Gasteiger partial charge in [0.1, 0.15) is 12.4 Å². The van der Waals surface area contributed by atoms with Crippen LogP contribution in [0.3, 0.4) is 0 Å². The van der Waals surface area contributed by atoms with E-state index in [1.165, 1.54) is 0 Å². The second-order valence-electron chi connectivity index (χ2n) is 8.69. The molecule has 3 aromatic carbocycles. The Hall–Kier alpha value is -4.10. The predicted octanol–water partition coefficient (Wildman–Crippen LogP) is 4.66. The number of fused-ring (bicyclic) bond motifs is 1. The van der Waals surface area contributed by atoms with Crippen LogP contribution in [0.1, 0.15) is 15.9 Å². The Balaban J connectivity index is 1.19. The highest BCUT2D eigenvalue weighted by atomic mass is 16.5.